The molecule has 0 aliphatic carbocycles. The Labute approximate surface area is 93.0 Å². The third-order valence-electron chi connectivity index (χ3n) is 2.32. The van der Waals surface area contributed by atoms with E-state index in [1.807, 2.05) is 6.92 Å². The molecular formula is C11H24N2O2. The first-order chi connectivity index (χ1) is 6.99. The van der Waals surface area contributed by atoms with E-state index in [1.165, 1.54) is 0 Å². The average molecular weight is 216 g/mol. The van der Waals surface area contributed by atoms with Crippen molar-refractivity contribution in [3.05, 3.63) is 0 Å². The number of hydrogen-bond donors (Lipinski definition) is 1. The van der Waals surface area contributed by atoms with Gasteiger partial charge in [-0.2, -0.15) is 0 Å². The quantitative estimate of drug-likeness (QED) is 0.682. The molecule has 0 fully saturated rings. The molecule has 1 unspecified atom stereocenters. The van der Waals surface area contributed by atoms with Crippen molar-refractivity contribution in [1.82, 2.24) is 10.2 Å². The maximum absolute atomic E-state index is 11.4. The van der Waals surface area contributed by atoms with E-state index in [4.69, 9.17) is 4.74 Å². The van der Waals surface area contributed by atoms with Crippen LogP contribution >= 0.6 is 0 Å². The Morgan fingerprint density at radius 2 is 2.00 bits per heavy atom. The van der Waals surface area contributed by atoms with E-state index in [9.17, 15) is 4.79 Å². The van der Waals surface area contributed by atoms with E-state index >= 15 is 0 Å². The molecule has 15 heavy (non-hydrogen) atoms. The van der Waals surface area contributed by atoms with E-state index in [-0.39, 0.29) is 11.9 Å². The SMILES string of the molecule is CCOCC(NCC(=O)N(C)C)C(C)C. The third-order valence-corrected chi connectivity index (χ3v) is 2.32. The van der Waals surface area contributed by atoms with E-state index < -0.39 is 0 Å². The van der Waals surface area contributed by atoms with Gasteiger partial charge in [-0.3, -0.25) is 4.79 Å². The number of carbonyl (C=O) groups excluding carboxylic acids is 1. The highest BCUT2D eigenvalue weighted by atomic mass is 16.5. The second-order valence-electron chi connectivity index (χ2n) is 4.18. The number of likely N-dealkylation sites (N-methyl/N-ethyl adjacent to an activating group) is 1. The Morgan fingerprint density at radius 1 is 1.40 bits per heavy atom. The zero-order valence-electron chi connectivity index (χ0n) is 10.5. The minimum atomic E-state index is 0.0946. The number of amides is 1. The van der Waals surface area contributed by atoms with Crippen molar-refractivity contribution in [2.75, 3.05) is 33.9 Å². The molecule has 0 radical (unpaired) electrons. The molecule has 0 bridgehead atoms. The van der Waals surface area contributed by atoms with Gasteiger partial charge in [-0.25, -0.2) is 0 Å². The molecule has 0 aliphatic heterocycles. The van der Waals surface area contributed by atoms with Gasteiger partial charge in [-0.15, -0.1) is 0 Å². The summed E-state index contributed by atoms with van der Waals surface area (Å²) in [5.41, 5.74) is 0. The van der Waals surface area contributed by atoms with Crippen LogP contribution < -0.4 is 5.32 Å². The summed E-state index contributed by atoms with van der Waals surface area (Å²) in [7, 11) is 3.52. The Kier molecular flexibility index (Phi) is 7.34. The first kappa shape index (κ1) is 14.4. The van der Waals surface area contributed by atoms with Crippen LogP contribution in [0.1, 0.15) is 20.8 Å². The molecule has 1 N–H and O–H groups in total. The van der Waals surface area contributed by atoms with Crippen LogP contribution in [-0.4, -0.2) is 50.7 Å². The van der Waals surface area contributed by atoms with Gasteiger partial charge in [0.25, 0.3) is 0 Å². The van der Waals surface area contributed by atoms with Crippen molar-refractivity contribution in [2.45, 2.75) is 26.8 Å². The summed E-state index contributed by atoms with van der Waals surface area (Å²) in [6.45, 7) is 7.97. The molecule has 0 heterocycles. The van der Waals surface area contributed by atoms with Crippen LogP contribution in [0.25, 0.3) is 0 Å². The third kappa shape index (κ3) is 6.47. The molecule has 0 rings (SSSR count). The lowest BCUT2D eigenvalue weighted by atomic mass is 10.1. The van der Waals surface area contributed by atoms with Gasteiger partial charge in [0.15, 0.2) is 0 Å². The van der Waals surface area contributed by atoms with Crippen molar-refractivity contribution in [3.63, 3.8) is 0 Å². The molecule has 0 aliphatic rings. The summed E-state index contributed by atoms with van der Waals surface area (Å²) in [6.07, 6.45) is 0. The van der Waals surface area contributed by atoms with Crippen LogP contribution in [0.5, 0.6) is 0 Å². The number of ether oxygens (including phenoxy) is 1. The van der Waals surface area contributed by atoms with Crippen molar-refractivity contribution >= 4 is 5.91 Å². The largest absolute Gasteiger partial charge is 0.380 e. The highest BCUT2D eigenvalue weighted by Gasteiger charge is 2.14. The molecule has 1 atom stereocenters. The van der Waals surface area contributed by atoms with Crippen molar-refractivity contribution in [2.24, 2.45) is 5.92 Å². The highest BCUT2D eigenvalue weighted by molar-refractivity contribution is 5.77. The predicted molar refractivity (Wildman–Crippen MR) is 61.8 cm³/mol. The maximum Gasteiger partial charge on any atom is 0.236 e. The van der Waals surface area contributed by atoms with Crippen LogP contribution in [0.15, 0.2) is 0 Å². The summed E-state index contributed by atoms with van der Waals surface area (Å²) in [5.74, 6) is 0.559. The zero-order valence-corrected chi connectivity index (χ0v) is 10.5. The minimum Gasteiger partial charge on any atom is -0.380 e. The van der Waals surface area contributed by atoms with Crippen LogP contribution in [0, 0.1) is 5.92 Å². The fourth-order valence-corrected chi connectivity index (χ4v) is 1.11. The zero-order chi connectivity index (χ0) is 11.8. The maximum atomic E-state index is 11.4. The topological polar surface area (TPSA) is 41.6 Å². The standard InChI is InChI=1S/C11H24N2O2/c1-6-15-8-10(9(2)3)12-7-11(14)13(4)5/h9-10,12H,6-8H2,1-5H3. The van der Waals surface area contributed by atoms with Crippen molar-refractivity contribution in [1.29, 1.82) is 0 Å². The number of carbonyl (C=O) groups is 1. The lowest BCUT2D eigenvalue weighted by Crippen LogP contribution is -2.43. The predicted octanol–water partition coefficient (Wildman–Crippen LogP) is 0.725. The molecule has 0 aromatic carbocycles. The first-order valence-electron chi connectivity index (χ1n) is 5.50. The van der Waals surface area contributed by atoms with Crippen LogP contribution in [0.3, 0.4) is 0 Å². The summed E-state index contributed by atoms with van der Waals surface area (Å²) in [4.78, 5) is 13.0. The summed E-state index contributed by atoms with van der Waals surface area (Å²) in [6, 6.07) is 0.244. The van der Waals surface area contributed by atoms with Crippen LogP contribution in [-0.2, 0) is 9.53 Å². The lowest BCUT2D eigenvalue weighted by molar-refractivity contribution is -0.128. The fraction of sp³-hybridized carbons (Fsp3) is 0.909. The number of nitrogens with zero attached hydrogens (tertiary/aromatic N) is 1. The second kappa shape index (κ2) is 7.65. The Balaban J connectivity index is 3.90. The number of nitrogens with one attached hydrogen (secondary N) is 1. The monoisotopic (exact) mass is 216 g/mol. The summed E-state index contributed by atoms with van der Waals surface area (Å²) in [5, 5.41) is 3.22. The van der Waals surface area contributed by atoms with Gasteiger partial charge in [0.2, 0.25) is 5.91 Å². The van der Waals surface area contributed by atoms with Crippen molar-refractivity contribution < 1.29 is 9.53 Å². The second-order valence-corrected chi connectivity index (χ2v) is 4.18. The molecule has 0 spiro atoms. The van der Waals surface area contributed by atoms with E-state index in [2.05, 4.69) is 19.2 Å². The van der Waals surface area contributed by atoms with Gasteiger partial charge in [0.05, 0.1) is 13.2 Å². The van der Waals surface area contributed by atoms with Gasteiger partial charge in [0.1, 0.15) is 0 Å². The van der Waals surface area contributed by atoms with Crippen LogP contribution in [0.2, 0.25) is 0 Å². The molecule has 0 aromatic rings. The van der Waals surface area contributed by atoms with Gasteiger partial charge in [0, 0.05) is 26.7 Å². The molecule has 4 nitrogen and oxygen atoms in total. The molecule has 90 valence electrons. The number of hydrogen-bond acceptors (Lipinski definition) is 3. The Morgan fingerprint density at radius 3 is 2.40 bits per heavy atom. The minimum absolute atomic E-state index is 0.0946. The Bertz CT molecular complexity index is 181. The molecule has 1 amide bonds. The van der Waals surface area contributed by atoms with E-state index in [1.54, 1.807) is 19.0 Å². The molecule has 4 heteroatoms. The first-order valence-corrected chi connectivity index (χ1v) is 5.50. The van der Waals surface area contributed by atoms with E-state index in [0.29, 0.717) is 25.7 Å². The fourth-order valence-electron chi connectivity index (χ4n) is 1.11. The molecule has 0 saturated heterocycles. The van der Waals surface area contributed by atoms with Crippen molar-refractivity contribution in [3.8, 4) is 0 Å². The smallest absolute Gasteiger partial charge is 0.236 e. The lowest BCUT2D eigenvalue weighted by Gasteiger charge is -2.22. The summed E-state index contributed by atoms with van der Waals surface area (Å²) < 4.78 is 5.36. The molecule has 0 aromatic heterocycles. The van der Waals surface area contributed by atoms with Crippen LogP contribution in [0.4, 0.5) is 0 Å². The average Bonchev–Trinajstić information content (AvgIpc) is 2.16. The normalized spacial score (nSPS) is 12.9. The van der Waals surface area contributed by atoms with Gasteiger partial charge in [-0.1, -0.05) is 13.8 Å². The summed E-state index contributed by atoms with van der Waals surface area (Å²) >= 11 is 0. The molecular weight excluding hydrogens is 192 g/mol. The van der Waals surface area contributed by atoms with E-state index in [0.717, 1.165) is 0 Å². The van der Waals surface area contributed by atoms with Gasteiger partial charge in [-0.05, 0) is 12.8 Å². The van der Waals surface area contributed by atoms with Gasteiger partial charge >= 0.3 is 0 Å². The highest BCUT2D eigenvalue weighted by Crippen LogP contribution is 2.01. The number of rotatable bonds is 7. The Hall–Kier alpha value is -0.610. The molecule has 0 saturated carbocycles. The van der Waals surface area contributed by atoms with Gasteiger partial charge < -0.3 is 15.0 Å².